The van der Waals surface area contributed by atoms with Crippen molar-refractivity contribution in [3.8, 4) is 0 Å². The molecule has 1 rings (SSSR count). The molecule has 0 fully saturated rings. The van der Waals surface area contributed by atoms with E-state index in [9.17, 15) is 4.79 Å². The Kier molecular flexibility index (Phi) is 5.46. The van der Waals surface area contributed by atoms with E-state index in [-0.39, 0.29) is 23.6 Å². The summed E-state index contributed by atoms with van der Waals surface area (Å²) in [5, 5.41) is 24.4. The van der Waals surface area contributed by atoms with Gasteiger partial charge in [0.2, 0.25) is 0 Å². The Morgan fingerprint density at radius 1 is 1.71 bits per heavy atom. The van der Waals surface area contributed by atoms with E-state index in [2.05, 4.69) is 10.5 Å². The van der Waals surface area contributed by atoms with Gasteiger partial charge in [-0.05, 0) is 13.2 Å². The zero-order valence-corrected chi connectivity index (χ0v) is 10.5. The van der Waals surface area contributed by atoms with Crippen molar-refractivity contribution in [1.82, 2.24) is 10.5 Å². The molecular formula is C10H16N2O4S. The molecule has 0 saturated heterocycles. The molecule has 0 aromatic carbocycles. The first-order valence-corrected chi connectivity index (χ1v) is 6.43. The van der Waals surface area contributed by atoms with E-state index in [1.165, 1.54) is 6.07 Å². The zero-order chi connectivity index (χ0) is 12.8. The fourth-order valence-electron chi connectivity index (χ4n) is 1.33. The van der Waals surface area contributed by atoms with Crippen molar-refractivity contribution in [2.75, 3.05) is 12.9 Å². The van der Waals surface area contributed by atoms with Crippen LogP contribution in [0.4, 0.5) is 0 Å². The number of thioether (sulfide) groups is 1. The molecule has 2 unspecified atom stereocenters. The van der Waals surface area contributed by atoms with Crippen LogP contribution < -0.4 is 5.32 Å². The number of hydrogen-bond acceptors (Lipinski definition) is 6. The monoisotopic (exact) mass is 260 g/mol. The fourth-order valence-corrected chi connectivity index (χ4v) is 1.98. The first kappa shape index (κ1) is 14.0. The van der Waals surface area contributed by atoms with E-state index in [1.807, 2.05) is 13.2 Å². The molecule has 3 N–H and O–H groups in total. The van der Waals surface area contributed by atoms with Crippen LogP contribution in [0, 0.1) is 0 Å². The number of carbonyl (C=O) groups is 1. The number of aliphatic hydroxyl groups is 1. The minimum Gasteiger partial charge on any atom is -0.476 e. The van der Waals surface area contributed by atoms with Crippen LogP contribution in [0.15, 0.2) is 10.6 Å². The number of nitrogens with zero attached hydrogens (tertiary/aromatic N) is 1. The van der Waals surface area contributed by atoms with Crippen LogP contribution in [-0.4, -0.2) is 45.5 Å². The van der Waals surface area contributed by atoms with Crippen LogP contribution in [0.5, 0.6) is 0 Å². The maximum absolute atomic E-state index is 10.6. The quantitative estimate of drug-likeness (QED) is 0.659. The molecule has 0 aliphatic carbocycles. The van der Waals surface area contributed by atoms with Gasteiger partial charge in [0.1, 0.15) is 0 Å². The number of aliphatic hydroxyl groups excluding tert-OH is 1. The second-order valence-corrected chi connectivity index (χ2v) is 4.69. The molecule has 0 amide bonds. The molecule has 0 radical (unpaired) electrons. The Hall–Kier alpha value is -1.05. The summed E-state index contributed by atoms with van der Waals surface area (Å²) < 4.78 is 4.86. The number of carboxylic acid groups (broad SMARTS) is 1. The largest absolute Gasteiger partial charge is 0.476 e. The van der Waals surface area contributed by atoms with E-state index in [0.717, 1.165) is 0 Å². The molecule has 0 bridgehead atoms. The average molecular weight is 260 g/mol. The first-order valence-electron chi connectivity index (χ1n) is 5.14. The first-order chi connectivity index (χ1) is 8.08. The van der Waals surface area contributed by atoms with E-state index >= 15 is 0 Å². The predicted molar refractivity (Wildman–Crippen MR) is 64.2 cm³/mol. The smallest absolute Gasteiger partial charge is 0.358 e. The lowest BCUT2D eigenvalue weighted by atomic mass is 10.2. The lowest BCUT2D eigenvalue weighted by Gasteiger charge is -2.20. The molecule has 1 heterocycles. The summed E-state index contributed by atoms with van der Waals surface area (Å²) in [7, 11) is 0. The van der Waals surface area contributed by atoms with Crippen LogP contribution in [0.3, 0.4) is 0 Å². The van der Waals surface area contributed by atoms with E-state index in [0.29, 0.717) is 12.3 Å². The zero-order valence-electron chi connectivity index (χ0n) is 9.71. The number of hydrogen-bond donors (Lipinski definition) is 3. The van der Waals surface area contributed by atoms with Crippen LogP contribution in [0.1, 0.15) is 23.2 Å². The molecule has 7 heteroatoms. The van der Waals surface area contributed by atoms with Crippen LogP contribution in [0.25, 0.3) is 0 Å². The number of nitrogens with one attached hydrogen (secondary N) is 1. The lowest BCUT2D eigenvalue weighted by Crippen LogP contribution is -2.36. The van der Waals surface area contributed by atoms with Crippen molar-refractivity contribution < 1.29 is 19.5 Å². The second kappa shape index (κ2) is 6.63. The molecular weight excluding hydrogens is 244 g/mol. The molecule has 0 aliphatic rings. The van der Waals surface area contributed by atoms with Gasteiger partial charge in [-0.3, -0.25) is 0 Å². The van der Waals surface area contributed by atoms with Gasteiger partial charge in [0, 0.05) is 17.4 Å². The van der Waals surface area contributed by atoms with Crippen molar-refractivity contribution in [3.05, 3.63) is 17.5 Å². The highest BCUT2D eigenvalue weighted by molar-refractivity contribution is 7.99. The number of carboxylic acids is 1. The van der Waals surface area contributed by atoms with Crippen LogP contribution in [-0.2, 0) is 6.54 Å². The highest BCUT2D eigenvalue weighted by atomic mass is 32.2. The van der Waals surface area contributed by atoms with Gasteiger partial charge in [-0.25, -0.2) is 4.79 Å². The molecule has 2 atom stereocenters. The van der Waals surface area contributed by atoms with Crippen molar-refractivity contribution in [2.24, 2.45) is 0 Å². The van der Waals surface area contributed by atoms with Gasteiger partial charge in [-0.2, -0.15) is 11.8 Å². The Balaban J connectivity index is 2.46. The van der Waals surface area contributed by atoms with Gasteiger partial charge in [-0.15, -0.1) is 0 Å². The molecule has 0 saturated carbocycles. The molecule has 1 aromatic heterocycles. The van der Waals surface area contributed by atoms with Crippen molar-refractivity contribution in [1.29, 1.82) is 0 Å². The van der Waals surface area contributed by atoms with Gasteiger partial charge in [0.25, 0.3) is 0 Å². The second-order valence-electron chi connectivity index (χ2n) is 3.61. The SMILES string of the molecule is CSC(CO)C(C)NCc1cc(C(=O)O)no1. The van der Waals surface area contributed by atoms with Crippen molar-refractivity contribution in [2.45, 2.75) is 24.8 Å². The minimum absolute atomic E-state index is 0.0894. The number of aromatic carboxylic acids is 1. The highest BCUT2D eigenvalue weighted by Crippen LogP contribution is 2.11. The molecule has 1 aromatic rings. The molecule has 6 nitrogen and oxygen atoms in total. The van der Waals surface area contributed by atoms with Gasteiger partial charge in [-0.1, -0.05) is 5.16 Å². The maximum Gasteiger partial charge on any atom is 0.358 e. The number of aromatic nitrogens is 1. The van der Waals surface area contributed by atoms with Crippen molar-refractivity contribution >= 4 is 17.7 Å². The van der Waals surface area contributed by atoms with Gasteiger partial charge >= 0.3 is 5.97 Å². The third kappa shape index (κ3) is 4.03. The maximum atomic E-state index is 10.6. The summed E-state index contributed by atoms with van der Waals surface area (Å²) in [6.45, 7) is 2.43. The normalized spacial score (nSPS) is 14.5. The van der Waals surface area contributed by atoms with Gasteiger partial charge < -0.3 is 20.1 Å². The van der Waals surface area contributed by atoms with Gasteiger partial charge in [0.15, 0.2) is 11.5 Å². The summed E-state index contributed by atoms with van der Waals surface area (Å²) in [5.74, 6) is -0.641. The average Bonchev–Trinajstić information content (AvgIpc) is 2.76. The van der Waals surface area contributed by atoms with Crippen LogP contribution in [0.2, 0.25) is 0 Å². The van der Waals surface area contributed by atoms with E-state index < -0.39 is 5.97 Å². The van der Waals surface area contributed by atoms with Crippen molar-refractivity contribution in [3.63, 3.8) is 0 Å². The highest BCUT2D eigenvalue weighted by Gasteiger charge is 2.16. The van der Waals surface area contributed by atoms with Crippen LogP contribution >= 0.6 is 11.8 Å². The van der Waals surface area contributed by atoms with E-state index in [4.69, 9.17) is 14.7 Å². The Morgan fingerprint density at radius 3 is 2.88 bits per heavy atom. The molecule has 0 spiro atoms. The summed E-state index contributed by atoms with van der Waals surface area (Å²) in [4.78, 5) is 10.6. The summed E-state index contributed by atoms with van der Waals surface area (Å²) >= 11 is 1.57. The molecule has 0 aliphatic heterocycles. The predicted octanol–water partition coefficient (Wildman–Crippen LogP) is 0.575. The lowest BCUT2D eigenvalue weighted by molar-refractivity contribution is 0.0685. The molecule has 96 valence electrons. The van der Waals surface area contributed by atoms with Gasteiger partial charge in [0.05, 0.1) is 13.2 Å². The minimum atomic E-state index is -1.11. The molecule has 17 heavy (non-hydrogen) atoms. The summed E-state index contributed by atoms with van der Waals surface area (Å²) in [5.41, 5.74) is -0.0990. The topological polar surface area (TPSA) is 95.6 Å². The van der Waals surface area contributed by atoms with E-state index in [1.54, 1.807) is 11.8 Å². The Bertz CT molecular complexity index is 365. The number of rotatable bonds is 7. The standard InChI is InChI=1S/C10H16N2O4S/c1-6(9(5-13)17-2)11-4-7-3-8(10(14)15)12-16-7/h3,6,9,11,13H,4-5H2,1-2H3,(H,14,15). The third-order valence-electron chi connectivity index (χ3n) is 2.42. The Morgan fingerprint density at radius 2 is 2.41 bits per heavy atom. The third-order valence-corrected chi connectivity index (χ3v) is 3.58. The fraction of sp³-hybridized carbons (Fsp3) is 0.600. The summed E-state index contributed by atoms with van der Waals surface area (Å²) in [6.07, 6.45) is 1.93. The summed E-state index contributed by atoms with van der Waals surface area (Å²) in [6, 6.07) is 1.48. The Labute approximate surface area is 103 Å².